The van der Waals surface area contributed by atoms with Gasteiger partial charge in [0.25, 0.3) is 17.4 Å². The summed E-state index contributed by atoms with van der Waals surface area (Å²) in [6, 6.07) is 12.1. The lowest BCUT2D eigenvalue weighted by Crippen LogP contribution is -2.30. The summed E-state index contributed by atoms with van der Waals surface area (Å²) < 4.78 is 0. The smallest absolute Gasteiger partial charge is 0.295 e. The topological polar surface area (TPSA) is 117 Å². The van der Waals surface area contributed by atoms with Crippen LogP contribution in [0.15, 0.2) is 54.1 Å². The van der Waals surface area contributed by atoms with Crippen molar-refractivity contribution in [1.29, 1.82) is 0 Å². The third kappa shape index (κ3) is 3.26. The first kappa shape index (κ1) is 20.3. The lowest BCUT2D eigenvalue weighted by molar-refractivity contribution is -0.384. The minimum absolute atomic E-state index is 0.0137. The first-order chi connectivity index (χ1) is 14.8. The van der Waals surface area contributed by atoms with Gasteiger partial charge in [0.1, 0.15) is 5.76 Å². The fourth-order valence-electron chi connectivity index (χ4n) is 4.20. The second-order valence-corrected chi connectivity index (χ2v) is 7.51. The molecule has 158 valence electrons. The van der Waals surface area contributed by atoms with Crippen molar-refractivity contribution >= 4 is 34.0 Å². The molecular weight excluding hydrogens is 398 g/mol. The molecule has 31 heavy (non-hydrogen) atoms. The molecule has 8 nitrogen and oxygen atoms in total. The van der Waals surface area contributed by atoms with E-state index in [1.807, 2.05) is 38.1 Å². The number of rotatable bonds is 5. The zero-order valence-corrected chi connectivity index (χ0v) is 17.1. The molecule has 1 amide bonds. The van der Waals surface area contributed by atoms with E-state index in [9.17, 15) is 24.8 Å². The summed E-state index contributed by atoms with van der Waals surface area (Å²) in [5, 5.41) is 22.9. The molecule has 2 aromatic carbocycles. The van der Waals surface area contributed by atoms with Crippen LogP contribution in [0, 0.1) is 17.0 Å². The fourth-order valence-corrected chi connectivity index (χ4v) is 4.20. The Morgan fingerprint density at radius 3 is 2.48 bits per heavy atom. The predicted molar refractivity (Wildman–Crippen MR) is 115 cm³/mol. The van der Waals surface area contributed by atoms with Gasteiger partial charge in [0, 0.05) is 46.4 Å². The third-order valence-electron chi connectivity index (χ3n) is 5.57. The number of para-hydroxylation sites is 1. The van der Waals surface area contributed by atoms with Gasteiger partial charge in [-0.15, -0.1) is 0 Å². The van der Waals surface area contributed by atoms with Gasteiger partial charge in [0.15, 0.2) is 0 Å². The summed E-state index contributed by atoms with van der Waals surface area (Å²) in [6.07, 6.45) is 0.641. The number of nitrogens with one attached hydrogen (secondary N) is 1. The van der Waals surface area contributed by atoms with Crippen molar-refractivity contribution in [3.63, 3.8) is 0 Å². The Morgan fingerprint density at radius 2 is 1.84 bits per heavy atom. The maximum atomic E-state index is 13.0. The minimum Gasteiger partial charge on any atom is -0.507 e. The number of fused-ring (bicyclic) bond motifs is 1. The van der Waals surface area contributed by atoms with E-state index in [2.05, 4.69) is 4.98 Å². The van der Waals surface area contributed by atoms with Gasteiger partial charge in [-0.1, -0.05) is 25.1 Å². The number of carbonyl (C=O) groups is 2. The largest absolute Gasteiger partial charge is 0.507 e. The van der Waals surface area contributed by atoms with Crippen molar-refractivity contribution in [2.45, 2.75) is 26.3 Å². The highest BCUT2D eigenvalue weighted by Gasteiger charge is 2.47. The van der Waals surface area contributed by atoms with Crippen LogP contribution in [-0.2, 0) is 9.59 Å². The number of non-ortho nitro benzene ring substituents is 1. The molecule has 0 spiro atoms. The predicted octanol–water partition coefficient (Wildman–Crippen LogP) is 4.22. The van der Waals surface area contributed by atoms with E-state index >= 15 is 0 Å². The summed E-state index contributed by atoms with van der Waals surface area (Å²) in [6.45, 7) is 4.13. The Balaban J connectivity index is 1.95. The molecule has 1 aliphatic heterocycles. The van der Waals surface area contributed by atoms with Gasteiger partial charge in [-0.2, -0.15) is 0 Å². The Labute approximate surface area is 177 Å². The molecule has 4 rings (SSSR count). The molecule has 0 bridgehead atoms. The Bertz CT molecular complexity index is 1240. The number of Topliss-reactive ketones (excluding diaryl/α,β-unsaturated/α-hetero) is 1. The van der Waals surface area contributed by atoms with Crippen LogP contribution >= 0.6 is 0 Å². The SMILES string of the molecule is CCCN1C(=O)C(=O)/C(=C(/O)c2ccc([N+](=O)[O-])cc2)C1c1c(C)[nH]c2ccccc12. The number of likely N-dealkylation sites (tertiary alicyclic amines) is 1. The van der Waals surface area contributed by atoms with Crippen LogP contribution in [-0.4, -0.2) is 38.1 Å². The maximum Gasteiger partial charge on any atom is 0.295 e. The summed E-state index contributed by atoms with van der Waals surface area (Å²) in [5.74, 6) is -1.78. The first-order valence-corrected chi connectivity index (χ1v) is 9.95. The molecule has 1 aliphatic rings. The molecule has 2 N–H and O–H groups in total. The molecule has 1 atom stereocenters. The Morgan fingerprint density at radius 1 is 1.16 bits per heavy atom. The van der Waals surface area contributed by atoms with Crippen molar-refractivity contribution in [2.24, 2.45) is 0 Å². The minimum atomic E-state index is -0.765. The van der Waals surface area contributed by atoms with Crippen LogP contribution in [0.25, 0.3) is 16.7 Å². The molecule has 0 radical (unpaired) electrons. The van der Waals surface area contributed by atoms with Crippen molar-refractivity contribution in [1.82, 2.24) is 9.88 Å². The molecule has 1 unspecified atom stereocenters. The number of hydrogen-bond donors (Lipinski definition) is 2. The average Bonchev–Trinajstić information content (AvgIpc) is 3.21. The number of hydrogen-bond acceptors (Lipinski definition) is 5. The highest BCUT2D eigenvalue weighted by atomic mass is 16.6. The van der Waals surface area contributed by atoms with Crippen LogP contribution in [0.4, 0.5) is 5.69 Å². The molecule has 2 heterocycles. The number of aliphatic hydroxyl groups excluding tert-OH is 1. The van der Waals surface area contributed by atoms with Crippen LogP contribution in [0.3, 0.4) is 0 Å². The van der Waals surface area contributed by atoms with Crippen molar-refractivity contribution in [3.05, 3.63) is 81.0 Å². The summed E-state index contributed by atoms with van der Waals surface area (Å²) in [7, 11) is 0. The lowest BCUT2D eigenvalue weighted by atomic mass is 9.93. The summed E-state index contributed by atoms with van der Waals surface area (Å²) >= 11 is 0. The normalized spacial score (nSPS) is 18.1. The number of H-pyrrole nitrogens is 1. The number of aromatic amines is 1. The van der Waals surface area contributed by atoms with Crippen molar-refractivity contribution in [3.8, 4) is 0 Å². The first-order valence-electron chi connectivity index (χ1n) is 9.95. The number of nitrogens with zero attached hydrogens (tertiary/aromatic N) is 2. The van der Waals surface area contributed by atoms with Crippen LogP contribution in [0.1, 0.15) is 36.2 Å². The third-order valence-corrected chi connectivity index (χ3v) is 5.57. The standard InChI is InChI=1S/C23H21N3O5/c1-3-12-25-20(18-13(2)24-17-7-5-4-6-16(17)18)19(22(28)23(25)29)21(27)14-8-10-15(11-9-14)26(30)31/h4-11,20,24,27H,3,12H2,1-2H3/b21-19+. The number of aryl methyl sites for hydroxylation is 1. The number of ketones is 1. The van der Waals surface area contributed by atoms with E-state index in [1.54, 1.807) is 0 Å². The van der Waals surface area contributed by atoms with Gasteiger partial charge in [0.2, 0.25) is 0 Å². The van der Waals surface area contributed by atoms with E-state index < -0.39 is 22.7 Å². The second-order valence-electron chi connectivity index (χ2n) is 7.51. The molecule has 1 aromatic heterocycles. The van der Waals surface area contributed by atoms with Crippen LogP contribution in [0.5, 0.6) is 0 Å². The fraction of sp³-hybridized carbons (Fsp3) is 0.217. The Kier molecular flexibility index (Phi) is 5.06. The number of nitro groups is 1. The van der Waals surface area contributed by atoms with E-state index in [4.69, 9.17) is 0 Å². The van der Waals surface area contributed by atoms with Crippen molar-refractivity contribution in [2.75, 3.05) is 6.54 Å². The number of aliphatic hydroxyl groups is 1. The number of amides is 1. The number of carbonyl (C=O) groups excluding carboxylic acids is 2. The quantitative estimate of drug-likeness (QED) is 0.211. The number of nitro benzene ring substituents is 1. The van der Waals surface area contributed by atoms with Gasteiger partial charge in [0.05, 0.1) is 16.5 Å². The molecule has 8 heteroatoms. The summed E-state index contributed by atoms with van der Waals surface area (Å²) in [4.78, 5) is 41.0. The van der Waals surface area contributed by atoms with Crippen molar-refractivity contribution < 1.29 is 19.6 Å². The monoisotopic (exact) mass is 419 g/mol. The molecule has 1 saturated heterocycles. The van der Waals surface area contributed by atoms with Crippen LogP contribution < -0.4 is 0 Å². The zero-order valence-electron chi connectivity index (χ0n) is 17.1. The van der Waals surface area contributed by atoms with Gasteiger partial charge in [-0.3, -0.25) is 19.7 Å². The molecular formula is C23H21N3O5. The van der Waals surface area contributed by atoms with E-state index in [0.717, 1.165) is 22.2 Å². The van der Waals surface area contributed by atoms with Gasteiger partial charge in [-0.05, 0) is 31.5 Å². The zero-order chi connectivity index (χ0) is 22.3. The molecule has 1 fully saturated rings. The highest BCUT2D eigenvalue weighted by Crippen LogP contribution is 2.43. The lowest BCUT2D eigenvalue weighted by Gasteiger charge is -2.25. The molecule has 3 aromatic rings. The summed E-state index contributed by atoms with van der Waals surface area (Å²) in [5.41, 5.74) is 2.51. The highest BCUT2D eigenvalue weighted by molar-refractivity contribution is 6.46. The van der Waals surface area contributed by atoms with E-state index in [-0.39, 0.29) is 22.6 Å². The van der Waals surface area contributed by atoms with E-state index in [1.165, 1.54) is 29.2 Å². The average molecular weight is 419 g/mol. The Hall–Kier alpha value is -3.94. The van der Waals surface area contributed by atoms with Gasteiger partial charge < -0.3 is 15.0 Å². The number of benzene rings is 2. The maximum absolute atomic E-state index is 13.0. The number of aromatic nitrogens is 1. The second kappa shape index (κ2) is 7.71. The van der Waals surface area contributed by atoms with E-state index in [0.29, 0.717) is 13.0 Å². The molecule has 0 saturated carbocycles. The van der Waals surface area contributed by atoms with Crippen LogP contribution in [0.2, 0.25) is 0 Å². The van der Waals surface area contributed by atoms with Gasteiger partial charge in [-0.25, -0.2) is 0 Å². The molecule has 0 aliphatic carbocycles. The van der Waals surface area contributed by atoms with Gasteiger partial charge >= 0.3 is 0 Å².